The monoisotopic (exact) mass is 280 g/mol. The van der Waals surface area contributed by atoms with Crippen LogP contribution in [-0.4, -0.2) is 4.98 Å². The van der Waals surface area contributed by atoms with Crippen molar-refractivity contribution in [2.75, 3.05) is 0 Å². The average Bonchev–Trinajstić information content (AvgIpc) is 2.78. The molecule has 0 spiro atoms. The highest BCUT2D eigenvalue weighted by Crippen LogP contribution is 2.43. The molecule has 2 aromatic rings. The number of halogens is 6. The van der Waals surface area contributed by atoms with Crippen LogP contribution in [0.25, 0.3) is 11.5 Å². The highest BCUT2D eigenvalue weighted by Gasteiger charge is 2.42. The van der Waals surface area contributed by atoms with Gasteiger partial charge in [-0.05, 0) is 12.1 Å². The van der Waals surface area contributed by atoms with Gasteiger partial charge in [-0.2, -0.15) is 26.3 Å². The largest absolute Gasteiger partial charge is 0.433 e. The van der Waals surface area contributed by atoms with Gasteiger partial charge in [0.25, 0.3) is 0 Å². The number of rotatable bonds is 1. The predicted octanol–water partition coefficient (Wildman–Crippen LogP) is 4.18. The molecule has 0 atom stereocenters. The number of nitrogens with zero attached hydrogens (tertiary/aromatic N) is 1. The van der Waals surface area contributed by atoms with Crippen molar-refractivity contribution in [2.24, 2.45) is 0 Å². The summed E-state index contributed by atoms with van der Waals surface area (Å²) in [6, 6.07) is 1.76. The summed E-state index contributed by atoms with van der Waals surface area (Å²) in [7, 11) is 0. The van der Waals surface area contributed by atoms with Crippen LogP contribution in [0.3, 0.4) is 0 Å². The van der Waals surface area contributed by atoms with Gasteiger partial charge in [0.15, 0.2) is 6.26 Å². The van der Waals surface area contributed by atoms with E-state index in [2.05, 4.69) is 9.40 Å². The van der Waals surface area contributed by atoms with E-state index in [-0.39, 0.29) is 0 Å². The van der Waals surface area contributed by atoms with E-state index < -0.39 is 34.9 Å². The molecule has 0 amide bonds. The smallest absolute Gasteiger partial charge is 0.417 e. The fourth-order valence-corrected chi connectivity index (χ4v) is 1.56. The Hall–Kier alpha value is -1.99. The fourth-order valence-electron chi connectivity index (χ4n) is 1.56. The maximum Gasteiger partial charge on any atom is 0.417 e. The van der Waals surface area contributed by atoms with Crippen molar-refractivity contribution in [3.8, 4) is 11.5 Å². The van der Waals surface area contributed by atoms with Gasteiger partial charge in [-0.15, -0.1) is 0 Å². The van der Waals surface area contributed by atoms with Gasteiger partial charge in [0, 0.05) is 0 Å². The Kier molecular flexibility index (Phi) is 3.03. The molecule has 0 aliphatic carbocycles. The second-order valence-electron chi connectivity index (χ2n) is 3.51. The Morgan fingerprint density at radius 3 is 1.84 bits per heavy atom. The SMILES string of the molecule is FC(F)(F)c1cccc(C(F)(F)F)c1-c1nc[c]o1. The van der Waals surface area contributed by atoms with Gasteiger partial charge in [-0.25, -0.2) is 4.98 Å². The van der Waals surface area contributed by atoms with Crippen LogP contribution >= 0.6 is 0 Å². The molecule has 2 nitrogen and oxygen atoms in total. The topological polar surface area (TPSA) is 26.0 Å². The quantitative estimate of drug-likeness (QED) is 0.732. The van der Waals surface area contributed by atoms with Gasteiger partial charge < -0.3 is 4.42 Å². The van der Waals surface area contributed by atoms with Gasteiger partial charge in [-0.1, -0.05) is 6.07 Å². The van der Waals surface area contributed by atoms with E-state index in [1.165, 1.54) is 0 Å². The Balaban J connectivity index is 2.78. The highest BCUT2D eigenvalue weighted by molar-refractivity contribution is 5.65. The van der Waals surface area contributed by atoms with Gasteiger partial charge in [0.1, 0.15) is 0 Å². The second-order valence-corrected chi connectivity index (χ2v) is 3.51. The molecule has 8 heteroatoms. The molecule has 0 saturated heterocycles. The van der Waals surface area contributed by atoms with Gasteiger partial charge in [0.05, 0.1) is 22.9 Å². The molecule has 101 valence electrons. The van der Waals surface area contributed by atoms with Crippen LogP contribution in [0, 0.1) is 6.26 Å². The Morgan fingerprint density at radius 2 is 1.47 bits per heavy atom. The summed E-state index contributed by atoms with van der Waals surface area (Å²) in [4.78, 5) is 3.31. The maximum absolute atomic E-state index is 12.8. The maximum atomic E-state index is 12.8. The second kappa shape index (κ2) is 4.29. The van der Waals surface area contributed by atoms with Gasteiger partial charge in [0.2, 0.25) is 5.89 Å². The fraction of sp³-hybridized carbons (Fsp3) is 0.182. The van der Waals surface area contributed by atoms with Crippen LogP contribution in [0.2, 0.25) is 0 Å². The molecule has 1 radical (unpaired) electrons. The third kappa shape index (κ3) is 2.56. The zero-order valence-electron chi connectivity index (χ0n) is 8.93. The van der Waals surface area contributed by atoms with E-state index in [0.29, 0.717) is 18.2 Å². The van der Waals surface area contributed by atoms with Crippen molar-refractivity contribution in [1.29, 1.82) is 0 Å². The van der Waals surface area contributed by atoms with Crippen LogP contribution < -0.4 is 0 Å². The Morgan fingerprint density at radius 1 is 0.947 bits per heavy atom. The van der Waals surface area contributed by atoms with E-state index in [9.17, 15) is 26.3 Å². The van der Waals surface area contributed by atoms with E-state index in [4.69, 9.17) is 0 Å². The first-order valence-corrected chi connectivity index (χ1v) is 4.81. The molecule has 1 aromatic heterocycles. The normalized spacial score (nSPS) is 12.7. The number of alkyl halides is 6. The first kappa shape index (κ1) is 13.4. The molecule has 1 aromatic carbocycles. The lowest BCUT2D eigenvalue weighted by Gasteiger charge is -2.16. The van der Waals surface area contributed by atoms with E-state index in [1.807, 2.05) is 6.26 Å². The summed E-state index contributed by atoms with van der Waals surface area (Å²) in [5.74, 6) is -0.778. The summed E-state index contributed by atoms with van der Waals surface area (Å²) < 4.78 is 81.0. The lowest BCUT2D eigenvalue weighted by Crippen LogP contribution is -2.14. The minimum atomic E-state index is -4.95. The summed E-state index contributed by atoms with van der Waals surface area (Å²) in [6.45, 7) is 0. The molecule has 0 bridgehead atoms. The standard InChI is InChI=1S/C11H4F6NO/c12-10(13,14)6-2-1-3-7(11(15,16)17)8(6)9-18-4-5-19-9/h1-4H. The zero-order valence-corrected chi connectivity index (χ0v) is 8.93. The molecule has 0 saturated carbocycles. The first-order chi connectivity index (χ1) is 8.71. The molecule has 19 heavy (non-hydrogen) atoms. The molecule has 0 unspecified atom stereocenters. The Bertz CT molecular complexity index is 538. The first-order valence-electron chi connectivity index (χ1n) is 4.81. The minimum absolute atomic E-state index is 0.536. The van der Waals surface area contributed by atoms with E-state index >= 15 is 0 Å². The molecule has 1 heterocycles. The van der Waals surface area contributed by atoms with Crippen LogP contribution in [0.15, 0.2) is 28.8 Å². The summed E-state index contributed by atoms with van der Waals surface area (Å²) in [6.07, 6.45) is -7.09. The number of aromatic nitrogens is 1. The van der Waals surface area contributed by atoms with Crippen LogP contribution in [0.5, 0.6) is 0 Å². The lowest BCUT2D eigenvalue weighted by atomic mass is 10.00. The number of hydrogen-bond donors (Lipinski definition) is 0. The Labute approximate surface area is 102 Å². The number of oxazole rings is 1. The summed E-state index contributed by atoms with van der Waals surface area (Å²) in [5.41, 5.74) is -4.06. The number of hydrogen-bond acceptors (Lipinski definition) is 2. The van der Waals surface area contributed by atoms with Crippen molar-refractivity contribution < 1.29 is 30.8 Å². The van der Waals surface area contributed by atoms with Crippen molar-refractivity contribution in [3.05, 3.63) is 41.8 Å². The average molecular weight is 280 g/mol. The predicted molar refractivity (Wildman–Crippen MR) is 50.8 cm³/mol. The van der Waals surface area contributed by atoms with E-state index in [0.717, 1.165) is 6.20 Å². The summed E-state index contributed by atoms with van der Waals surface area (Å²) in [5, 5.41) is 0. The molecule has 2 rings (SSSR count). The molecule has 0 aliphatic rings. The van der Waals surface area contributed by atoms with Crippen LogP contribution in [-0.2, 0) is 12.4 Å². The molecule has 0 N–H and O–H groups in total. The lowest BCUT2D eigenvalue weighted by molar-refractivity contribution is -0.142. The molecular weight excluding hydrogens is 276 g/mol. The molecule has 0 fully saturated rings. The van der Waals surface area contributed by atoms with Crippen LogP contribution in [0.1, 0.15) is 11.1 Å². The van der Waals surface area contributed by atoms with Gasteiger partial charge in [-0.3, -0.25) is 0 Å². The minimum Gasteiger partial charge on any atom is -0.433 e. The van der Waals surface area contributed by atoms with Gasteiger partial charge >= 0.3 is 12.4 Å². The third-order valence-corrected chi connectivity index (χ3v) is 2.28. The third-order valence-electron chi connectivity index (χ3n) is 2.28. The van der Waals surface area contributed by atoms with Crippen molar-refractivity contribution in [1.82, 2.24) is 4.98 Å². The molecule has 0 aliphatic heterocycles. The van der Waals surface area contributed by atoms with Crippen molar-refractivity contribution in [2.45, 2.75) is 12.4 Å². The van der Waals surface area contributed by atoms with Crippen molar-refractivity contribution >= 4 is 0 Å². The zero-order chi connectivity index (χ0) is 14.3. The van der Waals surface area contributed by atoms with Crippen molar-refractivity contribution in [3.63, 3.8) is 0 Å². The summed E-state index contributed by atoms with van der Waals surface area (Å²) >= 11 is 0. The highest BCUT2D eigenvalue weighted by atomic mass is 19.4. The van der Waals surface area contributed by atoms with Crippen LogP contribution in [0.4, 0.5) is 26.3 Å². The molecular formula is C11H4F6NO. The van der Waals surface area contributed by atoms with E-state index in [1.54, 1.807) is 0 Å². The number of benzene rings is 1.